The molecule has 2 fully saturated rings. The van der Waals surface area contributed by atoms with Crippen LogP contribution in [0.4, 0.5) is 0 Å². The smallest absolute Gasteiger partial charge is 0.222 e. The summed E-state index contributed by atoms with van der Waals surface area (Å²) in [6, 6.07) is 0. The van der Waals surface area contributed by atoms with Crippen LogP contribution in [-0.4, -0.2) is 30.4 Å². The number of nitrogens with zero attached hydrogens (tertiary/aromatic N) is 1. The van der Waals surface area contributed by atoms with E-state index < -0.39 is 0 Å². The van der Waals surface area contributed by atoms with Crippen molar-refractivity contribution >= 4 is 5.91 Å². The number of likely N-dealkylation sites (tertiary alicyclic amines) is 1. The Kier molecular flexibility index (Phi) is 3.53. The third-order valence-electron chi connectivity index (χ3n) is 4.34. The largest absolute Gasteiger partial charge is 0.342 e. The van der Waals surface area contributed by atoms with Gasteiger partial charge in [0.15, 0.2) is 0 Å². The molecule has 2 aliphatic rings. The summed E-state index contributed by atoms with van der Waals surface area (Å²) in [7, 11) is 0. The molecule has 0 aromatic carbocycles. The molecule has 1 atom stereocenters. The first-order chi connectivity index (χ1) is 7.63. The van der Waals surface area contributed by atoms with E-state index in [4.69, 9.17) is 5.73 Å². The Hall–Kier alpha value is -0.570. The molecule has 1 aliphatic carbocycles. The minimum Gasteiger partial charge on any atom is -0.342 e. The third-order valence-corrected chi connectivity index (χ3v) is 4.34. The van der Waals surface area contributed by atoms with Crippen LogP contribution in [0.5, 0.6) is 0 Å². The SMILES string of the molecule is CC1(CN)CCN(C(=O)CC2CCCC2)C1. The molecule has 2 rings (SSSR count). The molecule has 16 heavy (non-hydrogen) atoms. The van der Waals surface area contributed by atoms with E-state index in [9.17, 15) is 4.79 Å². The molecular weight excluding hydrogens is 200 g/mol. The van der Waals surface area contributed by atoms with Crippen LogP contribution in [0.15, 0.2) is 0 Å². The van der Waals surface area contributed by atoms with Gasteiger partial charge in [0.25, 0.3) is 0 Å². The number of carbonyl (C=O) groups excluding carboxylic acids is 1. The van der Waals surface area contributed by atoms with Gasteiger partial charge in [-0.15, -0.1) is 0 Å². The summed E-state index contributed by atoms with van der Waals surface area (Å²) in [5.74, 6) is 1.03. The van der Waals surface area contributed by atoms with Crippen molar-refractivity contribution in [2.75, 3.05) is 19.6 Å². The van der Waals surface area contributed by atoms with Crippen molar-refractivity contribution in [3.05, 3.63) is 0 Å². The number of rotatable bonds is 3. The van der Waals surface area contributed by atoms with Gasteiger partial charge in [-0.3, -0.25) is 4.79 Å². The van der Waals surface area contributed by atoms with Crippen LogP contribution < -0.4 is 5.73 Å². The summed E-state index contributed by atoms with van der Waals surface area (Å²) in [4.78, 5) is 14.1. The van der Waals surface area contributed by atoms with E-state index in [1.165, 1.54) is 25.7 Å². The summed E-state index contributed by atoms with van der Waals surface area (Å²) in [6.45, 7) is 4.67. The highest BCUT2D eigenvalue weighted by molar-refractivity contribution is 5.76. The lowest BCUT2D eigenvalue weighted by Crippen LogP contribution is -2.35. The highest BCUT2D eigenvalue weighted by Crippen LogP contribution is 2.32. The third kappa shape index (κ3) is 2.57. The molecule has 1 saturated heterocycles. The quantitative estimate of drug-likeness (QED) is 0.794. The zero-order valence-corrected chi connectivity index (χ0v) is 10.4. The summed E-state index contributed by atoms with van der Waals surface area (Å²) in [5.41, 5.74) is 5.93. The molecule has 0 aromatic heterocycles. The maximum atomic E-state index is 12.1. The van der Waals surface area contributed by atoms with Gasteiger partial charge in [0.05, 0.1) is 0 Å². The molecule has 92 valence electrons. The molecule has 1 amide bonds. The normalized spacial score (nSPS) is 31.2. The van der Waals surface area contributed by atoms with Crippen LogP contribution in [-0.2, 0) is 4.79 Å². The summed E-state index contributed by atoms with van der Waals surface area (Å²) < 4.78 is 0. The van der Waals surface area contributed by atoms with Crippen molar-refractivity contribution in [1.82, 2.24) is 4.90 Å². The molecule has 1 aliphatic heterocycles. The first-order valence-corrected chi connectivity index (χ1v) is 6.61. The van der Waals surface area contributed by atoms with Crippen LogP contribution in [0.25, 0.3) is 0 Å². The number of hydrogen-bond acceptors (Lipinski definition) is 2. The van der Waals surface area contributed by atoms with Gasteiger partial charge in [-0.25, -0.2) is 0 Å². The Morgan fingerprint density at radius 2 is 2.12 bits per heavy atom. The zero-order valence-electron chi connectivity index (χ0n) is 10.4. The van der Waals surface area contributed by atoms with E-state index >= 15 is 0 Å². The van der Waals surface area contributed by atoms with Gasteiger partial charge in [0.2, 0.25) is 5.91 Å². The topological polar surface area (TPSA) is 46.3 Å². The second-order valence-corrected chi connectivity index (χ2v) is 5.93. The standard InChI is InChI=1S/C13H24N2O/c1-13(9-14)6-7-15(10-13)12(16)8-11-4-2-3-5-11/h11H,2-10,14H2,1H3. The summed E-state index contributed by atoms with van der Waals surface area (Å²) in [6.07, 6.45) is 7.00. The van der Waals surface area contributed by atoms with Gasteiger partial charge in [-0.2, -0.15) is 0 Å². The van der Waals surface area contributed by atoms with Crippen molar-refractivity contribution in [2.24, 2.45) is 17.1 Å². The number of amides is 1. The molecule has 0 radical (unpaired) electrons. The van der Waals surface area contributed by atoms with Gasteiger partial charge >= 0.3 is 0 Å². The maximum absolute atomic E-state index is 12.1. The molecule has 2 N–H and O–H groups in total. The lowest BCUT2D eigenvalue weighted by Gasteiger charge is -2.23. The predicted octanol–water partition coefficient (Wildman–Crippen LogP) is 1.76. The van der Waals surface area contributed by atoms with Crippen LogP contribution in [0.2, 0.25) is 0 Å². The van der Waals surface area contributed by atoms with Crippen LogP contribution in [0.3, 0.4) is 0 Å². The minimum atomic E-state index is 0.172. The van der Waals surface area contributed by atoms with Crippen molar-refractivity contribution in [3.8, 4) is 0 Å². The first kappa shape index (κ1) is 11.9. The monoisotopic (exact) mass is 224 g/mol. The molecular formula is C13H24N2O. The average Bonchev–Trinajstić information content (AvgIpc) is 2.88. The number of carbonyl (C=O) groups is 1. The van der Waals surface area contributed by atoms with Crippen molar-refractivity contribution in [2.45, 2.75) is 45.4 Å². The second kappa shape index (κ2) is 4.74. The van der Waals surface area contributed by atoms with Gasteiger partial charge in [-0.1, -0.05) is 19.8 Å². The van der Waals surface area contributed by atoms with Crippen molar-refractivity contribution in [3.63, 3.8) is 0 Å². The fraction of sp³-hybridized carbons (Fsp3) is 0.923. The maximum Gasteiger partial charge on any atom is 0.222 e. The summed E-state index contributed by atoms with van der Waals surface area (Å²) >= 11 is 0. The molecule has 0 bridgehead atoms. The van der Waals surface area contributed by atoms with E-state index in [1.807, 2.05) is 4.90 Å². The number of hydrogen-bond donors (Lipinski definition) is 1. The Balaban J connectivity index is 1.82. The molecule has 1 unspecified atom stereocenters. The molecule has 3 heteroatoms. The average molecular weight is 224 g/mol. The van der Waals surface area contributed by atoms with Crippen molar-refractivity contribution < 1.29 is 4.79 Å². The van der Waals surface area contributed by atoms with E-state index in [0.717, 1.165) is 25.9 Å². The lowest BCUT2D eigenvalue weighted by atomic mass is 9.90. The van der Waals surface area contributed by atoms with E-state index in [-0.39, 0.29) is 5.41 Å². The molecule has 0 spiro atoms. The highest BCUT2D eigenvalue weighted by atomic mass is 16.2. The van der Waals surface area contributed by atoms with Crippen molar-refractivity contribution in [1.29, 1.82) is 0 Å². The fourth-order valence-electron chi connectivity index (χ4n) is 2.99. The Bertz CT molecular complexity index is 261. The molecule has 1 heterocycles. The Labute approximate surface area is 98.4 Å². The van der Waals surface area contributed by atoms with Gasteiger partial charge in [0, 0.05) is 19.5 Å². The van der Waals surface area contributed by atoms with Crippen LogP contribution in [0, 0.1) is 11.3 Å². The van der Waals surface area contributed by atoms with E-state index in [2.05, 4.69) is 6.92 Å². The first-order valence-electron chi connectivity index (χ1n) is 6.61. The molecule has 1 saturated carbocycles. The minimum absolute atomic E-state index is 0.172. The van der Waals surface area contributed by atoms with Gasteiger partial charge in [0.1, 0.15) is 0 Å². The second-order valence-electron chi connectivity index (χ2n) is 5.93. The van der Waals surface area contributed by atoms with E-state index in [0.29, 0.717) is 18.4 Å². The Morgan fingerprint density at radius 1 is 1.44 bits per heavy atom. The van der Waals surface area contributed by atoms with Crippen LogP contribution in [0.1, 0.15) is 45.4 Å². The molecule has 3 nitrogen and oxygen atoms in total. The number of nitrogens with two attached hydrogens (primary N) is 1. The van der Waals surface area contributed by atoms with Gasteiger partial charge < -0.3 is 10.6 Å². The van der Waals surface area contributed by atoms with Gasteiger partial charge in [-0.05, 0) is 37.1 Å². The van der Waals surface area contributed by atoms with Crippen LogP contribution >= 0.6 is 0 Å². The summed E-state index contributed by atoms with van der Waals surface area (Å²) in [5, 5.41) is 0. The zero-order chi connectivity index (χ0) is 11.6. The molecule has 0 aromatic rings. The Morgan fingerprint density at radius 3 is 2.69 bits per heavy atom. The highest BCUT2D eigenvalue weighted by Gasteiger charge is 2.35. The fourth-order valence-corrected chi connectivity index (χ4v) is 2.99. The predicted molar refractivity (Wildman–Crippen MR) is 64.9 cm³/mol. The van der Waals surface area contributed by atoms with E-state index in [1.54, 1.807) is 0 Å². The lowest BCUT2D eigenvalue weighted by molar-refractivity contribution is -0.131.